The van der Waals surface area contributed by atoms with Crippen LogP contribution >= 0.6 is 22.6 Å². The van der Waals surface area contributed by atoms with Crippen molar-refractivity contribution in [1.29, 1.82) is 0 Å². The smallest absolute Gasteiger partial charge is 0.294 e. The van der Waals surface area contributed by atoms with E-state index in [2.05, 4.69) is 0 Å². The Morgan fingerprint density at radius 1 is 1.33 bits per heavy atom. The Morgan fingerprint density at radius 2 is 1.87 bits per heavy atom. The Labute approximate surface area is 98.8 Å². The van der Waals surface area contributed by atoms with Gasteiger partial charge < -0.3 is 0 Å². The maximum atomic E-state index is 12.5. The first kappa shape index (κ1) is 12.5. The minimum atomic E-state index is -4.40. The molecule has 1 aromatic rings. The van der Waals surface area contributed by atoms with E-state index in [-0.39, 0.29) is 16.9 Å². The van der Waals surface area contributed by atoms with Gasteiger partial charge >= 0.3 is 6.18 Å². The third-order valence-corrected chi connectivity index (χ3v) is 2.89. The number of Topliss-reactive ketones (excluding diaryl/α,β-unsaturated/α-hetero) is 1. The lowest BCUT2D eigenvalue weighted by atomic mass is 10.0. The summed E-state index contributed by atoms with van der Waals surface area (Å²) in [4.78, 5) is 11.1. The van der Waals surface area contributed by atoms with Crippen molar-refractivity contribution in [3.05, 3.63) is 32.4 Å². The topological polar surface area (TPSA) is 17.1 Å². The van der Waals surface area contributed by atoms with Crippen LogP contribution in [0.1, 0.15) is 28.4 Å². The fraction of sp³-hybridized carbons (Fsp3) is 0.300. The molecule has 0 aliphatic rings. The highest BCUT2D eigenvalue weighted by Crippen LogP contribution is 2.33. The van der Waals surface area contributed by atoms with Crippen LogP contribution in [0.4, 0.5) is 13.2 Å². The standard InChI is InChI=1S/C10H8F3IO/c1-5-3-9(14)7(6(2)15)4-8(5)10(11,12)13/h3-4H,1-2H3. The summed E-state index contributed by atoms with van der Waals surface area (Å²) in [5.74, 6) is -0.357. The van der Waals surface area contributed by atoms with E-state index in [1.807, 2.05) is 22.6 Å². The lowest BCUT2D eigenvalue weighted by Crippen LogP contribution is -2.10. The molecule has 0 fully saturated rings. The van der Waals surface area contributed by atoms with Gasteiger partial charge in [-0.1, -0.05) is 0 Å². The molecule has 0 aromatic heterocycles. The van der Waals surface area contributed by atoms with Crippen LogP contribution in [0.25, 0.3) is 0 Å². The number of ketones is 1. The molecule has 0 bridgehead atoms. The Balaban J connectivity index is 3.43. The Bertz CT molecular complexity index is 410. The first-order valence-electron chi connectivity index (χ1n) is 4.11. The largest absolute Gasteiger partial charge is 0.416 e. The van der Waals surface area contributed by atoms with Crippen molar-refractivity contribution in [3.63, 3.8) is 0 Å². The van der Waals surface area contributed by atoms with Gasteiger partial charge in [-0.2, -0.15) is 13.2 Å². The second-order valence-corrected chi connectivity index (χ2v) is 4.36. The Hall–Kier alpha value is -0.590. The van der Waals surface area contributed by atoms with Crippen molar-refractivity contribution < 1.29 is 18.0 Å². The third-order valence-electron chi connectivity index (χ3n) is 2.00. The summed E-state index contributed by atoms with van der Waals surface area (Å²) in [5.41, 5.74) is -0.487. The fourth-order valence-electron chi connectivity index (χ4n) is 1.25. The Morgan fingerprint density at radius 3 is 2.27 bits per heavy atom. The molecule has 0 aliphatic heterocycles. The quantitative estimate of drug-likeness (QED) is 0.566. The van der Waals surface area contributed by atoms with Crippen LogP contribution in [0.3, 0.4) is 0 Å². The zero-order valence-electron chi connectivity index (χ0n) is 8.07. The summed E-state index contributed by atoms with van der Waals surface area (Å²) < 4.78 is 38.1. The molecule has 0 saturated heterocycles. The van der Waals surface area contributed by atoms with Crippen LogP contribution in [0.5, 0.6) is 0 Å². The van der Waals surface area contributed by atoms with Gasteiger partial charge in [-0.05, 0) is 54.1 Å². The minimum Gasteiger partial charge on any atom is -0.294 e. The van der Waals surface area contributed by atoms with Crippen LogP contribution in [0, 0.1) is 10.5 Å². The van der Waals surface area contributed by atoms with E-state index in [0.717, 1.165) is 6.07 Å². The molecule has 0 atom stereocenters. The van der Waals surface area contributed by atoms with E-state index in [9.17, 15) is 18.0 Å². The first-order valence-corrected chi connectivity index (χ1v) is 5.19. The fourth-order valence-corrected chi connectivity index (χ4v) is 2.25. The van der Waals surface area contributed by atoms with Crippen molar-refractivity contribution in [2.45, 2.75) is 20.0 Å². The lowest BCUT2D eigenvalue weighted by Gasteiger charge is -2.12. The second-order valence-electron chi connectivity index (χ2n) is 3.20. The highest BCUT2D eigenvalue weighted by atomic mass is 127. The number of carbonyl (C=O) groups is 1. The van der Waals surface area contributed by atoms with Gasteiger partial charge in [-0.15, -0.1) is 0 Å². The molecule has 0 aliphatic carbocycles. The van der Waals surface area contributed by atoms with E-state index in [1.54, 1.807) is 0 Å². The number of benzene rings is 1. The molecule has 1 nitrogen and oxygen atoms in total. The van der Waals surface area contributed by atoms with Gasteiger partial charge in [0, 0.05) is 9.13 Å². The molecular formula is C10H8F3IO. The molecule has 0 unspecified atom stereocenters. The molecule has 0 spiro atoms. The molecular weight excluding hydrogens is 320 g/mol. The highest BCUT2D eigenvalue weighted by molar-refractivity contribution is 14.1. The van der Waals surface area contributed by atoms with Gasteiger partial charge in [0.05, 0.1) is 5.56 Å². The molecule has 1 rings (SSSR count). The molecule has 15 heavy (non-hydrogen) atoms. The van der Waals surface area contributed by atoms with Crippen molar-refractivity contribution in [2.24, 2.45) is 0 Å². The number of alkyl halides is 3. The molecule has 82 valence electrons. The van der Waals surface area contributed by atoms with Crippen LogP contribution in [-0.2, 0) is 6.18 Å². The average Bonchev–Trinajstić information content (AvgIpc) is 2.00. The zero-order chi connectivity index (χ0) is 11.8. The van der Waals surface area contributed by atoms with Crippen LogP contribution in [-0.4, -0.2) is 5.78 Å². The number of aryl methyl sites for hydroxylation is 1. The summed E-state index contributed by atoms with van der Waals surface area (Å²) in [6.07, 6.45) is -4.40. The van der Waals surface area contributed by atoms with Crippen LogP contribution in [0.2, 0.25) is 0 Å². The SMILES string of the molecule is CC(=O)c1cc(C(F)(F)F)c(C)cc1I. The minimum absolute atomic E-state index is 0.119. The van der Waals surface area contributed by atoms with Gasteiger partial charge in [0.25, 0.3) is 0 Å². The van der Waals surface area contributed by atoms with E-state index >= 15 is 0 Å². The summed E-state index contributed by atoms with van der Waals surface area (Å²) in [6.45, 7) is 2.64. The average molecular weight is 328 g/mol. The van der Waals surface area contributed by atoms with Gasteiger partial charge in [-0.25, -0.2) is 0 Å². The van der Waals surface area contributed by atoms with Gasteiger partial charge in [0.15, 0.2) is 5.78 Å². The Kier molecular flexibility index (Phi) is 3.42. The maximum absolute atomic E-state index is 12.5. The highest BCUT2D eigenvalue weighted by Gasteiger charge is 2.33. The third kappa shape index (κ3) is 2.70. The molecule has 0 heterocycles. The van der Waals surface area contributed by atoms with E-state index in [1.165, 1.54) is 19.9 Å². The predicted octanol–water partition coefficient (Wildman–Crippen LogP) is 3.82. The number of hydrogen-bond acceptors (Lipinski definition) is 1. The van der Waals surface area contributed by atoms with Crippen molar-refractivity contribution >= 4 is 28.4 Å². The summed E-state index contributed by atoms with van der Waals surface area (Å²) in [6, 6.07) is 2.29. The molecule has 5 heteroatoms. The summed E-state index contributed by atoms with van der Waals surface area (Å²) in [7, 11) is 0. The lowest BCUT2D eigenvalue weighted by molar-refractivity contribution is -0.138. The van der Waals surface area contributed by atoms with Crippen molar-refractivity contribution in [3.8, 4) is 0 Å². The molecule has 0 radical (unpaired) electrons. The molecule has 0 amide bonds. The van der Waals surface area contributed by atoms with Crippen LogP contribution in [0.15, 0.2) is 12.1 Å². The van der Waals surface area contributed by atoms with E-state index in [0.29, 0.717) is 3.57 Å². The molecule has 1 aromatic carbocycles. The van der Waals surface area contributed by atoms with Gasteiger partial charge in [0.2, 0.25) is 0 Å². The van der Waals surface area contributed by atoms with Crippen LogP contribution < -0.4 is 0 Å². The molecule has 0 saturated carbocycles. The number of carbonyl (C=O) groups excluding carboxylic acids is 1. The monoisotopic (exact) mass is 328 g/mol. The van der Waals surface area contributed by atoms with E-state index < -0.39 is 11.7 Å². The van der Waals surface area contributed by atoms with Gasteiger partial charge in [0.1, 0.15) is 0 Å². The molecule has 0 N–H and O–H groups in total. The van der Waals surface area contributed by atoms with Crippen molar-refractivity contribution in [1.82, 2.24) is 0 Å². The summed E-state index contributed by atoms with van der Waals surface area (Å²) in [5, 5.41) is 0. The zero-order valence-corrected chi connectivity index (χ0v) is 10.2. The number of hydrogen-bond donors (Lipinski definition) is 0. The maximum Gasteiger partial charge on any atom is 0.416 e. The summed E-state index contributed by atoms with van der Waals surface area (Å²) >= 11 is 1.86. The number of halogens is 4. The number of rotatable bonds is 1. The van der Waals surface area contributed by atoms with E-state index in [4.69, 9.17) is 0 Å². The normalized spacial score (nSPS) is 11.6. The first-order chi connectivity index (χ1) is 6.73. The van der Waals surface area contributed by atoms with Crippen molar-refractivity contribution in [2.75, 3.05) is 0 Å². The predicted molar refractivity (Wildman–Crippen MR) is 58.9 cm³/mol. The van der Waals surface area contributed by atoms with Gasteiger partial charge in [-0.3, -0.25) is 4.79 Å². The second kappa shape index (κ2) is 4.11.